The fraction of sp³-hybridized carbons (Fsp3) is 0.500. The highest BCUT2D eigenvalue weighted by atomic mass is 31.3. The van der Waals surface area contributed by atoms with Gasteiger partial charge in [0.25, 0.3) is 0 Å². The van der Waals surface area contributed by atoms with E-state index in [0.29, 0.717) is 0 Å². The molecule has 0 spiro atoms. The summed E-state index contributed by atoms with van der Waals surface area (Å²) in [5.41, 5.74) is 3.62. The van der Waals surface area contributed by atoms with Crippen molar-refractivity contribution in [2.45, 2.75) is 31.0 Å². The Labute approximate surface area is 173 Å². The first-order valence-electron chi connectivity index (χ1n) is 8.41. The Balaban J connectivity index is 1.91. The van der Waals surface area contributed by atoms with Crippen molar-refractivity contribution >= 4 is 45.1 Å². The molecule has 1 saturated heterocycles. The van der Waals surface area contributed by atoms with Crippen LogP contribution in [0.1, 0.15) is 13.2 Å². The summed E-state index contributed by atoms with van der Waals surface area (Å²) in [5.74, 6) is -0.0965. The minimum absolute atomic E-state index is 0.0207. The monoisotopic (exact) mass is 484 g/mol. The van der Waals surface area contributed by atoms with Crippen LogP contribution in [0.15, 0.2) is 12.5 Å². The van der Waals surface area contributed by atoms with Gasteiger partial charge in [0.15, 0.2) is 6.23 Å². The lowest BCUT2D eigenvalue weighted by atomic mass is 9.80. The largest absolute Gasteiger partial charge is 0.490 e. The molecule has 0 saturated carbocycles. The summed E-state index contributed by atoms with van der Waals surface area (Å²) in [4.78, 5) is 34.4. The van der Waals surface area contributed by atoms with Crippen molar-refractivity contribution in [3.05, 3.63) is 12.5 Å². The number of rotatable bonds is 7. The highest BCUT2D eigenvalue weighted by Crippen LogP contribution is 2.58. The highest BCUT2D eigenvalue weighted by Gasteiger charge is 2.54. The zero-order valence-electron chi connectivity index (χ0n) is 15.7. The first-order valence-corrected chi connectivity index (χ1v) is 11.4. The molecule has 16 nitrogen and oxygen atoms in total. The van der Waals surface area contributed by atoms with Crippen molar-refractivity contribution in [2.24, 2.45) is 0 Å². The minimum Gasteiger partial charge on any atom is -0.423 e. The molecule has 2 aromatic heterocycles. The van der Waals surface area contributed by atoms with Gasteiger partial charge in [0.05, 0.1) is 12.0 Å². The number of nitrogen functional groups attached to an aromatic ring is 1. The predicted molar refractivity (Wildman–Crippen MR) is 101 cm³/mol. The Morgan fingerprint density at radius 3 is 2.55 bits per heavy atom. The van der Waals surface area contributed by atoms with Crippen LogP contribution in [0.4, 0.5) is 5.82 Å². The number of aliphatic hydroxyl groups excluding tert-OH is 1. The van der Waals surface area contributed by atoms with Crippen molar-refractivity contribution in [3.8, 4) is 0 Å². The molecule has 4 unspecified atom stereocenters. The number of nitrogens with two attached hydrogens (primary N) is 1. The van der Waals surface area contributed by atoms with Gasteiger partial charge in [-0.15, -0.1) is 0 Å². The van der Waals surface area contributed by atoms with Crippen molar-refractivity contribution in [2.75, 3.05) is 12.3 Å². The summed E-state index contributed by atoms with van der Waals surface area (Å²) >= 11 is 0. The Bertz CT molecular complexity index is 1070. The van der Waals surface area contributed by atoms with Crippen molar-refractivity contribution in [3.63, 3.8) is 0 Å². The van der Waals surface area contributed by atoms with E-state index in [4.69, 9.17) is 20.3 Å². The van der Waals surface area contributed by atoms with Crippen LogP contribution >= 0.6 is 15.6 Å². The van der Waals surface area contributed by atoms with E-state index in [-0.39, 0.29) is 22.3 Å². The summed E-state index contributed by atoms with van der Waals surface area (Å²) in [5, 5.41) is 40.5. The molecule has 9 N–H and O–H groups in total. The lowest BCUT2D eigenvalue weighted by molar-refractivity contribution is -0.0946. The van der Waals surface area contributed by atoms with Gasteiger partial charge in [0.1, 0.15) is 35.6 Å². The molecule has 1 aliphatic rings. The summed E-state index contributed by atoms with van der Waals surface area (Å²) < 4.78 is 37.1. The maximum Gasteiger partial charge on any atom is 0.490 e. The van der Waals surface area contributed by atoms with Crippen LogP contribution in [0, 0.1) is 0 Å². The molecular formula is C12H19BN4O12P2. The van der Waals surface area contributed by atoms with E-state index in [2.05, 4.69) is 18.8 Å². The van der Waals surface area contributed by atoms with Gasteiger partial charge in [-0.2, -0.15) is 4.31 Å². The normalized spacial score (nSPS) is 28.7. The third-order valence-corrected chi connectivity index (χ3v) is 6.72. The lowest BCUT2D eigenvalue weighted by Crippen LogP contribution is -2.44. The zero-order valence-corrected chi connectivity index (χ0v) is 17.4. The third kappa shape index (κ3) is 4.83. The number of fused-ring (bicyclic) bond motifs is 1. The molecule has 1 aliphatic heterocycles. The van der Waals surface area contributed by atoms with E-state index < -0.39 is 53.4 Å². The maximum absolute atomic E-state index is 11.6. The molecule has 31 heavy (non-hydrogen) atoms. The number of phosphoric ester groups is 1. The van der Waals surface area contributed by atoms with E-state index in [0.717, 1.165) is 17.1 Å². The summed E-state index contributed by atoms with van der Waals surface area (Å²) in [6.45, 7) is 0.256. The van der Waals surface area contributed by atoms with Crippen molar-refractivity contribution in [1.29, 1.82) is 0 Å². The average molecular weight is 484 g/mol. The molecule has 0 aliphatic carbocycles. The number of nitrogens with zero attached hydrogens (tertiary/aromatic N) is 3. The number of aliphatic hydroxyl groups is 2. The van der Waals surface area contributed by atoms with Gasteiger partial charge in [0, 0.05) is 11.7 Å². The summed E-state index contributed by atoms with van der Waals surface area (Å²) in [7, 11) is -12.6. The Kier molecular flexibility index (Phi) is 6.36. The van der Waals surface area contributed by atoms with Crippen LogP contribution in [0.5, 0.6) is 0 Å². The zero-order chi connectivity index (χ0) is 23.4. The lowest BCUT2D eigenvalue weighted by Gasteiger charge is -2.27. The van der Waals surface area contributed by atoms with E-state index in [1.807, 2.05) is 0 Å². The molecule has 0 radical (unpaired) electrons. The Hall–Kier alpha value is -1.46. The van der Waals surface area contributed by atoms with Crippen molar-refractivity contribution in [1.82, 2.24) is 14.5 Å². The molecule has 19 heteroatoms. The fourth-order valence-corrected chi connectivity index (χ4v) is 4.81. The molecule has 3 heterocycles. The summed E-state index contributed by atoms with van der Waals surface area (Å²) in [6, 6.07) is 0. The molecule has 1 fully saturated rings. The third-order valence-electron chi connectivity index (χ3n) is 4.56. The van der Waals surface area contributed by atoms with Gasteiger partial charge in [-0.3, -0.25) is 4.52 Å². The van der Waals surface area contributed by atoms with E-state index >= 15 is 0 Å². The van der Waals surface area contributed by atoms with Gasteiger partial charge in [-0.25, -0.2) is 19.1 Å². The van der Waals surface area contributed by atoms with E-state index in [1.165, 1.54) is 6.92 Å². The van der Waals surface area contributed by atoms with Gasteiger partial charge in [0.2, 0.25) is 0 Å². The number of hydrogen-bond donors (Lipinski definition) is 8. The van der Waals surface area contributed by atoms with Crippen LogP contribution < -0.4 is 11.2 Å². The molecule has 2 aromatic rings. The van der Waals surface area contributed by atoms with Crippen LogP contribution in [0.3, 0.4) is 0 Å². The average Bonchev–Trinajstić information content (AvgIpc) is 3.09. The SMILES string of the molecule is C[C@@]1(O)C(O)C(COP(=O)(O)OP(=O)(O)O)OC1n1cc(B(O)O)c2c(N)ncnc21. The van der Waals surface area contributed by atoms with Gasteiger partial charge in [-0.05, 0) is 6.92 Å². The second-order valence-corrected chi connectivity index (χ2v) is 9.69. The van der Waals surface area contributed by atoms with Crippen molar-refractivity contribution < 1.29 is 57.6 Å². The molecular weight excluding hydrogens is 465 g/mol. The van der Waals surface area contributed by atoms with Gasteiger partial charge >= 0.3 is 22.8 Å². The van der Waals surface area contributed by atoms with Gasteiger partial charge < -0.3 is 50.0 Å². The van der Waals surface area contributed by atoms with Crippen LogP contribution in [0.25, 0.3) is 11.0 Å². The predicted octanol–water partition coefficient (Wildman–Crippen LogP) is -3.07. The minimum atomic E-state index is -5.36. The fourth-order valence-electron chi connectivity index (χ4n) is 3.22. The van der Waals surface area contributed by atoms with Crippen LogP contribution in [-0.4, -0.2) is 81.0 Å². The van der Waals surface area contributed by atoms with Crippen LogP contribution in [-0.2, 0) is 22.7 Å². The van der Waals surface area contributed by atoms with Gasteiger partial charge in [-0.1, -0.05) is 0 Å². The molecule has 0 aromatic carbocycles. The molecule has 5 atom stereocenters. The van der Waals surface area contributed by atoms with Crippen LogP contribution in [0.2, 0.25) is 0 Å². The number of phosphoric acid groups is 2. The Morgan fingerprint density at radius 1 is 1.32 bits per heavy atom. The molecule has 0 amide bonds. The van der Waals surface area contributed by atoms with E-state index in [9.17, 15) is 34.3 Å². The van der Waals surface area contributed by atoms with E-state index in [1.54, 1.807) is 0 Å². The quantitative estimate of drug-likeness (QED) is 0.143. The second kappa shape index (κ2) is 8.15. The maximum atomic E-state index is 11.6. The Morgan fingerprint density at radius 2 is 1.97 bits per heavy atom. The second-order valence-electron chi connectivity index (χ2n) is 6.86. The first-order chi connectivity index (χ1) is 14.1. The summed E-state index contributed by atoms with van der Waals surface area (Å²) in [6.07, 6.45) is -2.40. The number of aromatic nitrogens is 3. The number of hydrogen-bond acceptors (Lipinski definition) is 12. The molecule has 0 bridgehead atoms. The standard InChI is InChI=1S/C12H19BN4O12P2/c1-12(19)8(18)6(3-27-31(25,26)29-30(22,23)24)28-11(12)17-2-5(13(20)21)7-9(14)15-4-16-10(7)17/h2,4,6,8,11,18-21H,3H2,1H3,(H,25,26)(H2,14,15,16)(H2,22,23,24)/t6?,8?,11?,12-/m1/s1. The highest BCUT2D eigenvalue weighted by molar-refractivity contribution is 7.60. The first kappa shape index (κ1) is 24.2. The smallest absolute Gasteiger partial charge is 0.423 e. The molecule has 3 rings (SSSR count). The number of anilines is 1. The molecule has 172 valence electrons. The topological polar surface area (TPSA) is 260 Å². The number of ether oxygens (including phenoxy) is 1.